The number of aromatic nitrogens is 1. The zero-order valence-electron chi connectivity index (χ0n) is 12.2. The van der Waals surface area contributed by atoms with E-state index in [4.69, 9.17) is 26.8 Å². The van der Waals surface area contributed by atoms with Gasteiger partial charge in [0.1, 0.15) is 10.9 Å². The molecule has 2 atom stereocenters. The van der Waals surface area contributed by atoms with Gasteiger partial charge < -0.3 is 15.2 Å². The van der Waals surface area contributed by atoms with Crippen molar-refractivity contribution in [3.63, 3.8) is 0 Å². The maximum absolute atomic E-state index is 6.13. The van der Waals surface area contributed by atoms with E-state index in [0.717, 1.165) is 15.6 Å². The van der Waals surface area contributed by atoms with Crippen LogP contribution in [0.3, 0.4) is 0 Å². The van der Waals surface area contributed by atoms with Crippen LogP contribution in [0.2, 0.25) is 5.15 Å². The van der Waals surface area contributed by atoms with Gasteiger partial charge in [0.05, 0.1) is 12.7 Å². The van der Waals surface area contributed by atoms with Gasteiger partial charge in [-0.15, -0.1) is 0 Å². The van der Waals surface area contributed by atoms with Crippen LogP contribution >= 0.6 is 27.5 Å². The monoisotopic (exact) mass is 393 g/mol. The van der Waals surface area contributed by atoms with E-state index in [1.807, 2.05) is 18.2 Å². The number of hydrogen-bond acceptors (Lipinski definition) is 5. The normalized spacial score (nSPS) is 25.0. The standard InChI is InChI=1S/C16H13BrClN3O2/c1-8-6-21-15(19)23-16(8)10-4-9(17)2-3-12(10)22-13-7-20-14(18)5-11(13)16/h2-5,7-8H,6H2,1H3,(H2,19,21). The van der Waals surface area contributed by atoms with Crippen molar-refractivity contribution in [2.45, 2.75) is 12.5 Å². The first-order chi connectivity index (χ1) is 11.0. The number of aliphatic imine (C=N–C) groups is 1. The molecular formula is C16H13BrClN3O2. The number of benzene rings is 1. The Labute approximate surface area is 146 Å². The molecule has 2 N–H and O–H groups in total. The summed E-state index contributed by atoms with van der Waals surface area (Å²) in [6.07, 6.45) is 1.61. The second-order valence-electron chi connectivity index (χ2n) is 5.66. The van der Waals surface area contributed by atoms with E-state index >= 15 is 0 Å². The average Bonchev–Trinajstić information content (AvgIpc) is 2.52. The van der Waals surface area contributed by atoms with Gasteiger partial charge in [0, 0.05) is 21.5 Å². The molecule has 0 saturated heterocycles. The first-order valence-electron chi connectivity index (χ1n) is 7.13. The second kappa shape index (κ2) is 5.11. The first-order valence-corrected chi connectivity index (χ1v) is 8.30. The van der Waals surface area contributed by atoms with E-state index in [-0.39, 0.29) is 11.9 Å². The smallest absolute Gasteiger partial charge is 0.283 e. The predicted molar refractivity (Wildman–Crippen MR) is 91.0 cm³/mol. The highest BCUT2D eigenvalue weighted by molar-refractivity contribution is 9.10. The van der Waals surface area contributed by atoms with Gasteiger partial charge in [-0.2, -0.15) is 0 Å². The molecule has 2 aliphatic heterocycles. The molecule has 5 nitrogen and oxygen atoms in total. The molecule has 0 radical (unpaired) electrons. The van der Waals surface area contributed by atoms with E-state index in [2.05, 4.69) is 32.8 Å². The Hall–Kier alpha value is -1.79. The third kappa shape index (κ3) is 2.12. The van der Waals surface area contributed by atoms with Crippen LogP contribution in [0.1, 0.15) is 18.1 Å². The molecule has 0 aliphatic carbocycles. The summed E-state index contributed by atoms with van der Waals surface area (Å²) >= 11 is 9.65. The summed E-state index contributed by atoms with van der Waals surface area (Å²) in [5.74, 6) is 1.38. The fourth-order valence-electron chi connectivity index (χ4n) is 3.23. The maximum Gasteiger partial charge on any atom is 0.283 e. The minimum absolute atomic E-state index is 0.0453. The number of nitrogens with zero attached hydrogens (tertiary/aromatic N) is 2. The molecule has 1 aromatic carbocycles. The summed E-state index contributed by atoms with van der Waals surface area (Å²) in [5.41, 5.74) is 6.83. The van der Waals surface area contributed by atoms with Crippen LogP contribution in [0.5, 0.6) is 11.5 Å². The van der Waals surface area contributed by atoms with Crippen molar-refractivity contribution in [1.82, 2.24) is 4.98 Å². The number of ether oxygens (including phenoxy) is 2. The lowest BCUT2D eigenvalue weighted by Crippen LogP contribution is -2.48. The Morgan fingerprint density at radius 1 is 1.30 bits per heavy atom. The molecule has 0 saturated carbocycles. The van der Waals surface area contributed by atoms with E-state index < -0.39 is 5.60 Å². The van der Waals surface area contributed by atoms with E-state index in [9.17, 15) is 0 Å². The second-order valence-corrected chi connectivity index (χ2v) is 6.97. The summed E-state index contributed by atoms with van der Waals surface area (Å²) in [7, 11) is 0. The van der Waals surface area contributed by atoms with Gasteiger partial charge in [-0.1, -0.05) is 34.5 Å². The minimum atomic E-state index is -0.800. The van der Waals surface area contributed by atoms with Gasteiger partial charge in [-0.25, -0.2) is 9.98 Å². The average molecular weight is 395 g/mol. The highest BCUT2D eigenvalue weighted by Gasteiger charge is 2.51. The summed E-state index contributed by atoms with van der Waals surface area (Å²) in [5, 5.41) is 0.377. The first kappa shape index (κ1) is 14.8. The Bertz CT molecular complexity index is 789. The van der Waals surface area contributed by atoms with Gasteiger partial charge in [0.15, 0.2) is 11.4 Å². The van der Waals surface area contributed by atoms with Crippen molar-refractivity contribution < 1.29 is 9.47 Å². The summed E-state index contributed by atoms with van der Waals surface area (Å²) in [6.45, 7) is 2.63. The Morgan fingerprint density at radius 2 is 2.09 bits per heavy atom. The third-order valence-corrected chi connectivity index (χ3v) is 4.98. The molecule has 0 amide bonds. The number of fused-ring (bicyclic) bond motifs is 4. The molecule has 4 rings (SSSR count). The van der Waals surface area contributed by atoms with Crippen LogP contribution in [0.15, 0.2) is 39.9 Å². The number of nitrogens with two attached hydrogens (primary N) is 1. The topological polar surface area (TPSA) is 69.7 Å². The van der Waals surface area contributed by atoms with Gasteiger partial charge in [-0.05, 0) is 24.3 Å². The van der Waals surface area contributed by atoms with Gasteiger partial charge >= 0.3 is 0 Å². The molecule has 1 spiro atoms. The third-order valence-electron chi connectivity index (χ3n) is 4.28. The van der Waals surface area contributed by atoms with Crippen LogP contribution in [0.4, 0.5) is 0 Å². The van der Waals surface area contributed by atoms with Crippen molar-refractivity contribution in [3.8, 4) is 11.5 Å². The van der Waals surface area contributed by atoms with E-state index in [1.165, 1.54) is 0 Å². The molecule has 0 fully saturated rings. The largest absolute Gasteiger partial charge is 0.455 e. The lowest BCUT2D eigenvalue weighted by atomic mass is 9.74. The minimum Gasteiger partial charge on any atom is -0.455 e. The fourth-order valence-corrected chi connectivity index (χ4v) is 3.75. The molecule has 1 aromatic heterocycles. The van der Waals surface area contributed by atoms with Gasteiger partial charge in [0.25, 0.3) is 6.02 Å². The number of halogens is 2. The zero-order valence-corrected chi connectivity index (χ0v) is 14.6. The molecule has 2 unspecified atom stereocenters. The van der Waals surface area contributed by atoms with Crippen molar-refractivity contribution >= 4 is 33.6 Å². The lowest BCUT2D eigenvalue weighted by Gasteiger charge is -2.45. The van der Waals surface area contributed by atoms with Crippen LogP contribution in [-0.2, 0) is 10.3 Å². The highest BCUT2D eigenvalue weighted by Crippen LogP contribution is 2.54. The van der Waals surface area contributed by atoms with E-state index in [0.29, 0.717) is 23.2 Å². The number of amidine groups is 1. The van der Waals surface area contributed by atoms with Crippen LogP contribution in [0.25, 0.3) is 0 Å². The molecule has 7 heteroatoms. The predicted octanol–water partition coefficient (Wildman–Crippen LogP) is 3.83. The summed E-state index contributed by atoms with van der Waals surface area (Å²) in [6, 6.07) is 7.75. The molecule has 0 bridgehead atoms. The molecule has 3 heterocycles. The molecule has 23 heavy (non-hydrogen) atoms. The molecule has 2 aromatic rings. The van der Waals surface area contributed by atoms with Crippen LogP contribution < -0.4 is 10.5 Å². The van der Waals surface area contributed by atoms with Crippen LogP contribution in [0, 0.1) is 5.92 Å². The Morgan fingerprint density at radius 3 is 2.91 bits per heavy atom. The van der Waals surface area contributed by atoms with Crippen molar-refractivity contribution in [2.24, 2.45) is 16.6 Å². The van der Waals surface area contributed by atoms with Crippen molar-refractivity contribution in [2.75, 3.05) is 6.54 Å². The molecule has 2 aliphatic rings. The SMILES string of the molecule is CC1CN=C(N)OC12c1cc(Br)ccc1Oc1cnc(Cl)cc12. The molecule has 118 valence electrons. The molecular weight excluding hydrogens is 382 g/mol. The number of hydrogen-bond donors (Lipinski definition) is 1. The summed E-state index contributed by atoms with van der Waals surface area (Å²) < 4.78 is 13.1. The van der Waals surface area contributed by atoms with E-state index in [1.54, 1.807) is 12.3 Å². The van der Waals surface area contributed by atoms with Gasteiger partial charge in [-0.3, -0.25) is 0 Å². The Balaban J connectivity index is 2.06. The van der Waals surface area contributed by atoms with Crippen LogP contribution in [-0.4, -0.2) is 17.6 Å². The quantitative estimate of drug-likeness (QED) is 0.690. The Kier molecular flexibility index (Phi) is 3.28. The van der Waals surface area contributed by atoms with Crippen molar-refractivity contribution in [3.05, 3.63) is 51.2 Å². The maximum atomic E-state index is 6.13. The van der Waals surface area contributed by atoms with Crippen molar-refractivity contribution in [1.29, 1.82) is 0 Å². The fraction of sp³-hybridized carbons (Fsp3) is 0.250. The highest BCUT2D eigenvalue weighted by atomic mass is 79.9. The number of rotatable bonds is 0. The van der Waals surface area contributed by atoms with Gasteiger partial charge in [0.2, 0.25) is 0 Å². The summed E-state index contributed by atoms with van der Waals surface area (Å²) in [4.78, 5) is 8.34. The zero-order chi connectivity index (χ0) is 16.2. The lowest BCUT2D eigenvalue weighted by molar-refractivity contribution is 0.0179. The number of pyridine rings is 1.